The molecule has 0 heteroatoms. The highest BCUT2D eigenvalue weighted by molar-refractivity contribution is 5.44. The molecular formula is C12H15. The van der Waals surface area contributed by atoms with E-state index in [1.807, 2.05) is 6.08 Å². The Morgan fingerprint density at radius 1 is 1.33 bits per heavy atom. The Labute approximate surface area is 74.9 Å². The lowest BCUT2D eigenvalue weighted by Gasteiger charge is -2.11. The Kier molecular flexibility index (Phi) is 2.69. The SMILES string of the molecule is C=C[C](C)c1cccc(C)c1C. The van der Waals surface area contributed by atoms with Crippen molar-refractivity contribution in [1.29, 1.82) is 0 Å². The van der Waals surface area contributed by atoms with Crippen molar-refractivity contribution < 1.29 is 0 Å². The highest BCUT2D eigenvalue weighted by Crippen LogP contribution is 2.21. The van der Waals surface area contributed by atoms with Gasteiger partial charge in [-0.2, -0.15) is 0 Å². The average Bonchev–Trinajstić information content (AvgIpc) is 2.08. The van der Waals surface area contributed by atoms with E-state index in [0.717, 1.165) is 0 Å². The van der Waals surface area contributed by atoms with Gasteiger partial charge in [-0.15, -0.1) is 6.58 Å². The van der Waals surface area contributed by atoms with E-state index in [-0.39, 0.29) is 0 Å². The van der Waals surface area contributed by atoms with Gasteiger partial charge in [0.05, 0.1) is 0 Å². The van der Waals surface area contributed by atoms with Crippen LogP contribution < -0.4 is 0 Å². The second-order valence-electron chi connectivity index (χ2n) is 3.13. The molecule has 0 aromatic heterocycles. The van der Waals surface area contributed by atoms with Gasteiger partial charge >= 0.3 is 0 Å². The summed E-state index contributed by atoms with van der Waals surface area (Å²) in [6, 6.07) is 6.36. The van der Waals surface area contributed by atoms with Gasteiger partial charge in [0.15, 0.2) is 0 Å². The molecule has 63 valence electrons. The molecule has 0 aliphatic rings. The fraction of sp³-hybridized carbons (Fsp3) is 0.250. The molecular weight excluding hydrogens is 144 g/mol. The van der Waals surface area contributed by atoms with Gasteiger partial charge in [0.25, 0.3) is 0 Å². The summed E-state index contributed by atoms with van der Waals surface area (Å²) in [6.45, 7) is 10.1. The molecule has 1 rings (SSSR count). The van der Waals surface area contributed by atoms with Gasteiger partial charge in [-0.25, -0.2) is 0 Å². The Balaban J connectivity index is 3.15. The standard InChI is InChI=1S/C12H15/c1-5-9(2)12-8-6-7-10(3)11(12)4/h5-8H,1H2,2-4H3. The maximum Gasteiger partial charge on any atom is 0.0233 e. The Bertz CT molecular complexity index is 284. The molecule has 0 unspecified atom stereocenters. The molecule has 0 aliphatic carbocycles. The van der Waals surface area contributed by atoms with Crippen LogP contribution in [-0.2, 0) is 0 Å². The molecule has 1 aromatic rings. The predicted molar refractivity (Wildman–Crippen MR) is 54.1 cm³/mol. The van der Waals surface area contributed by atoms with Gasteiger partial charge in [-0.05, 0) is 30.5 Å². The van der Waals surface area contributed by atoms with Crippen LogP contribution in [0, 0.1) is 19.8 Å². The maximum atomic E-state index is 3.77. The van der Waals surface area contributed by atoms with E-state index < -0.39 is 0 Å². The third-order valence-electron chi connectivity index (χ3n) is 2.34. The van der Waals surface area contributed by atoms with Crippen LogP contribution in [0.15, 0.2) is 30.9 Å². The topological polar surface area (TPSA) is 0 Å². The highest BCUT2D eigenvalue weighted by atomic mass is 14.1. The first-order valence-electron chi connectivity index (χ1n) is 4.19. The lowest BCUT2D eigenvalue weighted by molar-refractivity contribution is 1.18. The first-order chi connectivity index (χ1) is 5.66. The van der Waals surface area contributed by atoms with E-state index in [4.69, 9.17) is 0 Å². The molecule has 1 aromatic carbocycles. The van der Waals surface area contributed by atoms with Crippen molar-refractivity contribution in [2.45, 2.75) is 20.8 Å². The molecule has 0 N–H and O–H groups in total. The van der Waals surface area contributed by atoms with E-state index >= 15 is 0 Å². The second kappa shape index (κ2) is 3.57. The van der Waals surface area contributed by atoms with Crippen LogP contribution in [0.2, 0.25) is 0 Å². The summed E-state index contributed by atoms with van der Waals surface area (Å²) in [7, 11) is 0. The lowest BCUT2D eigenvalue weighted by atomic mass is 9.94. The van der Waals surface area contributed by atoms with Crippen LogP contribution in [0.25, 0.3) is 0 Å². The molecule has 0 fully saturated rings. The molecule has 0 saturated heterocycles. The third kappa shape index (κ3) is 1.58. The average molecular weight is 159 g/mol. The summed E-state index contributed by atoms with van der Waals surface area (Å²) in [4.78, 5) is 0. The van der Waals surface area contributed by atoms with Crippen molar-refractivity contribution in [3.63, 3.8) is 0 Å². The van der Waals surface area contributed by atoms with Gasteiger partial charge in [0.1, 0.15) is 0 Å². The molecule has 0 heterocycles. The largest absolute Gasteiger partial charge is 0.102 e. The molecule has 0 amide bonds. The van der Waals surface area contributed by atoms with Gasteiger partial charge in [0, 0.05) is 5.92 Å². The van der Waals surface area contributed by atoms with Crippen molar-refractivity contribution in [3.05, 3.63) is 53.5 Å². The minimum absolute atomic E-state index is 1.25. The van der Waals surface area contributed by atoms with E-state index in [9.17, 15) is 0 Å². The summed E-state index contributed by atoms with van der Waals surface area (Å²) in [5.41, 5.74) is 4.01. The molecule has 0 bridgehead atoms. The maximum absolute atomic E-state index is 3.77. The van der Waals surface area contributed by atoms with Crippen molar-refractivity contribution >= 4 is 0 Å². The number of benzene rings is 1. The molecule has 0 nitrogen and oxygen atoms in total. The van der Waals surface area contributed by atoms with Gasteiger partial charge in [0.2, 0.25) is 0 Å². The number of allylic oxidation sites excluding steroid dienone is 1. The molecule has 0 atom stereocenters. The predicted octanol–water partition coefficient (Wildman–Crippen LogP) is 3.43. The lowest BCUT2D eigenvalue weighted by Crippen LogP contribution is -1.95. The molecule has 0 aliphatic heterocycles. The number of rotatable bonds is 2. The highest BCUT2D eigenvalue weighted by Gasteiger charge is 2.05. The Hall–Kier alpha value is -1.04. The van der Waals surface area contributed by atoms with Crippen LogP contribution in [0.3, 0.4) is 0 Å². The van der Waals surface area contributed by atoms with Crippen LogP contribution >= 0.6 is 0 Å². The van der Waals surface area contributed by atoms with E-state index in [1.54, 1.807) is 0 Å². The third-order valence-corrected chi connectivity index (χ3v) is 2.34. The monoisotopic (exact) mass is 159 g/mol. The van der Waals surface area contributed by atoms with Crippen molar-refractivity contribution in [1.82, 2.24) is 0 Å². The van der Waals surface area contributed by atoms with Crippen molar-refractivity contribution in [3.8, 4) is 0 Å². The zero-order chi connectivity index (χ0) is 9.14. The van der Waals surface area contributed by atoms with Crippen LogP contribution in [0.5, 0.6) is 0 Å². The second-order valence-corrected chi connectivity index (χ2v) is 3.13. The van der Waals surface area contributed by atoms with Crippen molar-refractivity contribution in [2.24, 2.45) is 0 Å². The number of hydrogen-bond acceptors (Lipinski definition) is 0. The summed E-state index contributed by atoms with van der Waals surface area (Å²) in [5, 5.41) is 0. The number of hydrogen-bond donors (Lipinski definition) is 0. The summed E-state index contributed by atoms with van der Waals surface area (Å²) >= 11 is 0. The fourth-order valence-electron chi connectivity index (χ4n) is 1.29. The molecule has 0 saturated carbocycles. The summed E-state index contributed by atoms with van der Waals surface area (Å²) in [5.74, 6) is 1.25. The van der Waals surface area contributed by atoms with Crippen LogP contribution in [0.1, 0.15) is 23.6 Å². The quantitative estimate of drug-likeness (QED) is 0.620. The first kappa shape index (κ1) is 9.05. The summed E-state index contributed by atoms with van der Waals surface area (Å²) in [6.07, 6.45) is 1.90. The smallest absolute Gasteiger partial charge is 0.0233 e. The zero-order valence-electron chi connectivity index (χ0n) is 8.02. The fourth-order valence-corrected chi connectivity index (χ4v) is 1.29. The van der Waals surface area contributed by atoms with E-state index in [0.29, 0.717) is 0 Å². The molecule has 1 radical (unpaired) electrons. The Morgan fingerprint density at radius 2 is 2.00 bits per heavy atom. The minimum Gasteiger partial charge on any atom is -0.102 e. The minimum atomic E-state index is 1.25. The first-order valence-corrected chi connectivity index (χ1v) is 4.19. The van der Waals surface area contributed by atoms with Crippen LogP contribution in [0.4, 0.5) is 0 Å². The zero-order valence-corrected chi connectivity index (χ0v) is 8.02. The number of aryl methyl sites for hydroxylation is 1. The van der Waals surface area contributed by atoms with Gasteiger partial charge in [-0.3, -0.25) is 0 Å². The molecule has 12 heavy (non-hydrogen) atoms. The Morgan fingerprint density at radius 3 is 2.58 bits per heavy atom. The summed E-state index contributed by atoms with van der Waals surface area (Å²) < 4.78 is 0. The van der Waals surface area contributed by atoms with E-state index in [1.165, 1.54) is 22.6 Å². The van der Waals surface area contributed by atoms with Gasteiger partial charge < -0.3 is 0 Å². The van der Waals surface area contributed by atoms with Gasteiger partial charge in [-0.1, -0.05) is 31.2 Å². The van der Waals surface area contributed by atoms with Crippen LogP contribution in [-0.4, -0.2) is 0 Å². The van der Waals surface area contributed by atoms with Crippen molar-refractivity contribution in [2.75, 3.05) is 0 Å². The molecule has 0 spiro atoms. The van der Waals surface area contributed by atoms with E-state index in [2.05, 4.69) is 45.5 Å². The normalized spacial score (nSPS) is 10.3.